The summed E-state index contributed by atoms with van der Waals surface area (Å²) in [7, 11) is 0. The maximum absolute atomic E-state index is 12.4. The van der Waals surface area contributed by atoms with Crippen molar-refractivity contribution >= 4 is 39.7 Å². The highest BCUT2D eigenvalue weighted by Crippen LogP contribution is 2.29. The number of benzene rings is 1. The topological polar surface area (TPSA) is 105 Å². The normalized spacial score (nSPS) is 13.4. The zero-order valence-corrected chi connectivity index (χ0v) is 14.5. The molecule has 3 rings (SSSR count). The van der Waals surface area contributed by atoms with E-state index < -0.39 is 5.91 Å². The minimum atomic E-state index is -0.464. The van der Waals surface area contributed by atoms with E-state index in [2.05, 4.69) is 10.7 Å². The van der Waals surface area contributed by atoms with Gasteiger partial charge in [-0.05, 0) is 35.9 Å². The highest BCUT2D eigenvalue weighted by atomic mass is 32.1. The molecule has 0 atom stereocenters. The van der Waals surface area contributed by atoms with Gasteiger partial charge in [0.15, 0.2) is 0 Å². The Balaban J connectivity index is 1.78. The summed E-state index contributed by atoms with van der Waals surface area (Å²) in [5.41, 5.74) is 4.95. The average molecular weight is 358 g/mol. The highest BCUT2D eigenvalue weighted by Gasteiger charge is 2.26. The van der Waals surface area contributed by atoms with Gasteiger partial charge in [0.05, 0.1) is 5.56 Å². The number of rotatable bonds is 4. The van der Waals surface area contributed by atoms with Crippen molar-refractivity contribution in [3.05, 3.63) is 46.3 Å². The predicted molar refractivity (Wildman–Crippen MR) is 96.5 cm³/mol. The number of anilines is 2. The van der Waals surface area contributed by atoms with E-state index in [9.17, 15) is 14.4 Å². The number of para-hydroxylation sites is 1. The number of thiophene rings is 1. The van der Waals surface area contributed by atoms with Gasteiger partial charge in [-0.1, -0.05) is 18.2 Å². The standard InChI is InChI=1S/C17H18N4O3S/c1-10-9-25-17(15(10)16(24)20-18)19-13(22)8-21-12-5-3-2-4-11(12)6-7-14(21)23/h2-5,9H,6-8,18H2,1H3,(H,19,22)(H,20,24). The van der Waals surface area contributed by atoms with E-state index >= 15 is 0 Å². The summed E-state index contributed by atoms with van der Waals surface area (Å²) in [5.74, 6) is 4.28. The third-order valence-electron chi connectivity index (χ3n) is 4.08. The zero-order chi connectivity index (χ0) is 18.0. The van der Waals surface area contributed by atoms with Crippen LogP contribution in [-0.4, -0.2) is 24.3 Å². The fourth-order valence-corrected chi connectivity index (χ4v) is 3.83. The molecule has 4 N–H and O–H groups in total. The smallest absolute Gasteiger partial charge is 0.268 e. The number of carbonyl (C=O) groups excluding carboxylic acids is 3. The number of carbonyl (C=O) groups is 3. The molecule has 1 aromatic carbocycles. The molecular weight excluding hydrogens is 340 g/mol. The Morgan fingerprint density at radius 2 is 2.04 bits per heavy atom. The minimum absolute atomic E-state index is 0.0869. The fourth-order valence-electron chi connectivity index (χ4n) is 2.87. The van der Waals surface area contributed by atoms with Crippen LogP contribution in [0.4, 0.5) is 10.7 Å². The molecule has 130 valence electrons. The van der Waals surface area contributed by atoms with Gasteiger partial charge < -0.3 is 10.2 Å². The van der Waals surface area contributed by atoms with Gasteiger partial charge in [0.25, 0.3) is 5.91 Å². The number of hydrogen-bond acceptors (Lipinski definition) is 5. The number of hydrazine groups is 1. The van der Waals surface area contributed by atoms with Gasteiger partial charge in [0, 0.05) is 12.1 Å². The molecule has 25 heavy (non-hydrogen) atoms. The molecule has 0 aliphatic carbocycles. The Bertz CT molecular complexity index is 846. The monoisotopic (exact) mass is 358 g/mol. The number of amides is 3. The molecule has 0 unspecified atom stereocenters. The molecule has 3 amide bonds. The number of nitrogens with two attached hydrogens (primary N) is 1. The molecule has 0 spiro atoms. The molecule has 0 saturated heterocycles. The molecule has 2 heterocycles. The maximum Gasteiger partial charge on any atom is 0.268 e. The molecule has 1 aromatic heterocycles. The first-order valence-electron chi connectivity index (χ1n) is 7.78. The van der Waals surface area contributed by atoms with E-state index in [1.807, 2.05) is 24.3 Å². The van der Waals surface area contributed by atoms with Crippen molar-refractivity contribution in [3.8, 4) is 0 Å². The lowest BCUT2D eigenvalue weighted by molar-refractivity contribution is -0.121. The Morgan fingerprint density at radius 1 is 1.28 bits per heavy atom. The van der Waals surface area contributed by atoms with Crippen LogP contribution in [0.5, 0.6) is 0 Å². The Labute approximate surface area is 148 Å². The average Bonchev–Trinajstić information content (AvgIpc) is 2.97. The molecule has 7 nitrogen and oxygen atoms in total. The molecule has 8 heteroatoms. The highest BCUT2D eigenvalue weighted by molar-refractivity contribution is 7.15. The molecular formula is C17H18N4O3S. The Hall–Kier alpha value is -2.71. The summed E-state index contributed by atoms with van der Waals surface area (Å²) >= 11 is 1.24. The Morgan fingerprint density at radius 3 is 2.80 bits per heavy atom. The van der Waals surface area contributed by atoms with Crippen LogP contribution in [-0.2, 0) is 16.0 Å². The third kappa shape index (κ3) is 3.40. The van der Waals surface area contributed by atoms with Gasteiger partial charge in [-0.15, -0.1) is 11.3 Å². The largest absolute Gasteiger partial charge is 0.315 e. The molecule has 1 aliphatic heterocycles. The molecule has 0 saturated carbocycles. The van der Waals surface area contributed by atoms with Gasteiger partial charge in [-0.3, -0.25) is 19.8 Å². The van der Waals surface area contributed by atoms with Crippen molar-refractivity contribution in [3.63, 3.8) is 0 Å². The van der Waals surface area contributed by atoms with Crippen molar-refractivity contribution in [1.29, 1.82) is 0 Å². The van der Waals surface area contributed by atoms with E-state index in [0.717, 1.165) is 16.8 Å². The lowest BCUT2D eigenvalue weighted by Crippen LogP contribution is -2.41. The second kappa shape index (κ2) is 7.04. The lowest BCUT2D eigenvalue weighted by Gasteiger charge is -2.28. The molecule has 2 aromatic rings. The van der Waals surface area contributed by atoms with Gasteiger partial charge in [-0.25, -0.2) is 5.84 Å². The van der Waals surface area contributed by atoms with Gasteiger partial charge in [-0.2, -0.15) is 0 Å². The second-order valence-electron chi connectivity index (χ2n) is 5.75. The van der Waals surface area contributed by atoms with Gasteiger partial charge >= 0.3 is 0 Å². The van der Waals surface area contributed by atoms with Crippen LogP contribution in [0.1, 0.15) is 27.9 Å². The molecule has 1 aliphatic rings. The number of nitrogens with zero attached hydrogens (tertiary/aromatic N) is 1. The summed E-state index contributed by atoms with van der Waals surface area (Å²) in [6, 6.07) is 7.55. The first-order valence-corrected chi connectivity index (χ1v) is 8.66. The van der Waals surface area contributed by atoms with Crippen LogP contribution in [0.25, 0.3) is 0 Å². The minimum Gasteiger partial charge on any atom is -0.315 e. The van der Waals surface area contributed by atoms with Crippen LogP contribution < -0.4 is 21.5 Å². The maximum atomic E-state index is 12.4. The molecule has 0 bridgehead atoms. The SMILES string of the molecule is Cc1csc(NC(=O)CN2C(=O)CCc3ccccc32)c1C(=O)NN. The summed E-state index contributed by atoms with van der Waals surface area (Å²) in [5, 5.41) is 4.90. The van der Waals surface area contributed by atoms with E-state index in [1.54, 1.807) is 12.3 Å². The zero-order valence-electron chi connectivity index (χ0n) is 13.7. The van der Waals surface area contributed by atoms with Crippen molar-refractivity contribution in [2.75, 3.05) is 16.8 Å². The summed E-state index contributed by atoms with van der Waals surface area (Å²) < 4.78 is 0. The van der Waals surface area contributed by atoms with Crippen LogP contribution in [0.2, 0.25) is 0 Å². The van der Waals surface area contributed by atoms with Crippen LogP contribution in [0.3, 0.4) is 0 Å². The van der Waals surface area contributed by atoms with E-state index in [0.29, 0.717) is 23.4 Å². The van der Waals surface area contributed by atoms with Crippen molar-refractivity contribution in [1.82, 2.24) is 5.43 Å². The molecule has 0 radical (unpaired) electrons. The van der Waals surface area contributed by atoms with Gasteiger partial charge in [0.2, 0.25) is 11.8 Å². The van der Waals surface area contributed by atoms with E-state index in [-0.39, 0.29) is 18.4 Å². The molecule has 0 fully saturated rings. The number of nitrogen functional groups attached to an aromatic ring is 1. The first-order chi connectivity index (χ1) is 12.0. The number of hydrogen-bond donors (Lipinski definition) is 3. The number of nitrogens with one attached hydrogen (secondary N) is 2. The summed E-state index contributed by atoms with van der Waals surface area (Å²) in [4.78, 5) is 38.0. The summed E-state index contributed by atoms with van der Waals surface area (Å²) in [6.45, 7) is 1.66. The van der Waals surface area contributed by atoms with Crippen LogP contribution in [0, 0.1) is 6.92 Å². The van der Waals surface area contributed by atoms with Crippen molar-refractivity contribution < 1.29 is 14.4 Å². The second-order valence-corrected chi connectivity index (χ2v) is 6.63. The predicted octanol–water partition coefficient (Wildman–Crippen LogP) is 1.58. The van der Waals surface area contributed by atoms with Crippen molar-refractivity contribution in [2.24, 2.45) is 5.84 Å². The van der Waals surface area contributed by atoms with Gasteiger partial charge in [0.1, 0.15) is 11.5 Å². The fraction of sp³-hybridized carbons (Fsp3) is 0.235. The quantitative estimate of drug-likeness (QED) is 0.438. The van der Waals surface area contributed by atoms with Crippen molar-refractivity contribution in [2.45, 2.75) is 19.8 Å². The first kappa shape index (κ1) is 17.1. The van der Waals surface area contributed by atoms with E-state index in [1.165, 1.54) is 16.2 Å². The third-order valence-corrected chi connectivity index (χ3v) is 5.09. The Kier molecular flexibility index (Phi) is 4.82. The lowest BCUT2D eigenvalue weighted by atomic mass is 10.0. The number of fused-ring (bicyclic) bond motifs is 1. The summed E-state index contributed by atoms with van der Waals surface area (Å²) in [6.07, 6.45) is 1.06. The van der Waals surface area contributed by atoms with Crippen LogP contribution in [0.15, 0.2) is 29.6 Å². The number of aryl methyl sites for hydroxylation is 2. The van der Waals surface area contributed by atoms with Crippen LogP contribution >= 0.6 is 11.3 Å². The van der Waals surface area contributed by atoms with E-state index in [4.69, 9.17) is 5.84 Å².